The van der Waals surface area contributed by atoms with E-state index in [0.717, 1.165) is 30.5 Å². The second kappa shape index (κ2) is 6.18. The van der Waals surface area contributed by atoms with Gasteiger partial charge >= 0.3 is 0 Å². The molecule has 0 aliphatic heterocycles. The van der Waals surface area contributed by atoms with Crippen LogP contribution in [0.15, 0.2) is 23.6 Å². The molecule has 0 saturated heterocycles. The van der Waals surface area contributed by atoms with Crippen molar-refractivity contribution in [3.05, 3.63) is 34.7 Å². The van der Waals surface area contributed by atoms with E-state index in [1.54, 1.807) is 0 Å². The number of rotatable bonds is 3. The lowest BCUT2D eigenvalue weighted by atomic mass is 10.0. The van der Waals surface area contributed by atoms with Gasteiger partial charge in [0, 0.05) is 22.9 Å². The topological polar surface area (TPSA) is 68.0 Å². The molecule has 1 amide bonds. The van der Waals surface area contributed by atoms with Crippen LogP contribution in [0.2, 0.25) is 0 Å². The molecule has 4 nitrogen and oxygen atoms in total. The maximum absolute atomic E-state index is 12.2. The Hall–Kier alpha value is -1.72. The third-order valence-corrected chi connectivity index (χ3v) is 4.99. The minimum Gasteiger partial charge on any atom is -0.328 e. The zero-order chi connectivity index (χ0) is 15.7. The van der Waals surface area contributed by atoms with Gasteiger partial charge < -0.3 is 11.1 Å². The van der Waals surface area contributed by atoms with Gasteiger partial charge in [-0.15, -0.1) is 11.3 Å². The Balaban J connectivity index is 1.72. The number of benzene rings is 1. The minimum atomic E-state index is 0.0310. The lowest BCUT2D eigenvalue weighted by Gasteiger charge is -2.08. The van der Waals surface area contributed by atoms with Gasteiger partial charge in [0.25, 0.3) is 0 Å². The van der Waals surface area contributed by atoms with E-state index < -0.39 is 0 Å². The SMILES string of the molecule is Cc1ccc(-c2csc(NC(=O)C3CCC(N)C3)n2)c(C)c1. The highest BCUT2D eigenvalue weighted by atomic mass is 32.1. The van der Waals surface area contributed by atoms with Crippen molar-refractivity contribution in [2.75, 3.05) is 5.32 Å². The molecule has 22 heavy (non-hydrogen) atoms. The summed E-state index contributed by atoms with van der Waals surface area (Å²) in [4.78, 5) is 16.8. The van der Waals surface area contributed by atoms with Crippen molar-refractivity contribution < 1.29 is 4.79 Å². The zero-order valence-corrected chi connectivity index (χ0v) is 13.7. The number of nitrogens with zero attached hydrogens (tertiary/aromatic N) is 1. The van der Waals surface area contributed by atoms with Gasteiger partial charge in [-0.1, -0.05) is 23.8 Å². The number of anilines is 1. The van der Waals surface area contributed by atoms with E-state index in [-0.39, 0.29) is 17.9 Å². The largest absolute Gasteiger partial charge is 0.328 e. The molecule has 0 radical (unpaired) electrons. The first-order valence-corrected chi connectivity index (χ1v) is 8.50. The van der Waals surface area contributed by atoms with E-state index in [4.69, 9.17) is 5.73 Å². The van der Waals surface area contributed by atoms with Crippen LogP contribution in [0.1, 0.15) is 30.4 Å². The number of thiazole rings is 1. The summed E-state index contributed by atoms with van der Waals surface area (Å²) < 4.78 is 0. The monoisotopic (exact) mass is 315 g/mol. The number of hydrogen-bond acceptors (Lipinski definition) is 4. The van der Waals surface area contributed by atoms with Crippen LogP contribution in [0.5, 0.6) is 0 Å². The summed E-state index contributed by atoms with van der Waals surface area (Å²) in [5.41, 5.74) is 10.3. The van der Waals surface area contributed by atoms with Crippen molar-refractivity contribution in [1.29, 1.82) is 0 Å². The molecule has 2 aromatic rings. The average Bonchev–Trinajstić information content (AvgIpc) is 3.08. The van der Waals surface area contributed by atoms with Crippen molar-refractivity contribution in [3.8, 4) is 11.3 Å². The maximum Gasteiger partial charge on any atom is 0.229 e. The Morgan fingerprint density at radius 3 is 2.86 bits per heavy atom. The van der Waals surface area contributed by atoms with Gasteiger partial charge in [0.15, 0.2) is 5.13 Å². The fourth-order valence-corrected chi connectivity index (χ4v) is 3.73. The molecule has 1 fully saturated rings. The van der Waals surface area contributed by atoms with Gasteiger partial charge in [0.2, 0.25) is 5.91 Å². The van der Waals surface area contributed by atoms with Crippen molar-refractivity contribution >= 4 is 22.4 Å². The Morgan fingerprint density at radius 1 is 1.36 bits per heavy atom. The molecule has 1 heterocycles. The number of carbonyl (C=O) groups excluding carboxylic acids is 1. The molecule has 1 aliphatic carbocycles. The molecule has 116 valence electrons. The summed E-state index contributed by atoms with van der Waals surface area (Å²) in [6.07, 6.45) is 2.59. The highest BCUT2D eigenvalue weighted by Crippen LogP contribution is 2.30. The van der Waals surface area contributed by atoms with Gasteiger partial charge in [-0.2, -0.15) is 0 Å². The molecule has 0 spiro atoms. The van der Waals surface area contributed by atoms with Gasteiger partial charge in [-0.25, -0.2) is 4.98 Å². The molecule has 1 saturated carbocycles. The van der Waals surface area contributed by atoms with E-state index in [1.165, 1.54) is 22.5 Å². The Kier molecular flexibility index (Phi) is 4.27. The van der Waals surface area contributed by atoms with Gasteiger partial charge in [0.1, 0.15) is 0 Å². The number of carbonyl (C=O) groups is 1. The van der Waals surface area contributed by atoms with Gasteiger partial charge in [0.05, 0.1) is 5.69 Å². The van der Waals surface area contributed by atoms with Crippen LogP contribution in [0.3, 0.4) is 0 Å². The fraction of sp³-hybridized carbons (Fsp3) is 0.412. The highest BCUT2D eigenvalue weighted by Gasteiger charge is 2.28. The normalized spacial score (nSPS) is 21.0. The molecule has 3 rings (SSSR count). The van der Waals surface area contributed by atoms with E-state index in [9.17, 15) is 4.79 Å². The third-order valence-electron chi connectivity index (χ3n) is 4.24. The van der Waals surface area contributed by atoms with Crippen molar-refractivity contribution in [1.82, 2.24) is 4.98 Å². The Bertz CT molecular complexity index is 695. The van der Waals surface area contributed by atoms with Crippen LogP contribution in [0, 0.1) is 19.8 Å². The lowest BCUT2D eigenvalue weighted by molar-refractivity contribution is -0.119. The van der Waals surface area contributed by atoms with E-state index in [1.807, 2.05) is 5.38 Å². The predicted molar refractivity (Wildman–Crippen MR) is 91.0 cm³/mol. The van der Waals surface area contributed by atoms with Gasteiger partial charge in [-0.05, 0) is 38.7 Å². The number of nitrogens with two attached hydrogens (primary N) is 1. The fourth-order valence-electron chi connectivity index (χ4n) is 3.02. The summed E-state index contributed by atoms with van der Waals surface area (Å²) in [6, 6.07) is 6.48. The Morgan fingerprint density at radius 2 is 2.18 bits per heavy atom. The van der Waals surface area contributed by atoms with Crippen molar-refractivity contribution in [2.45, 2.75) is 39.2 Å². The second-order valence-corrected chi connectivity index (χ2v) is 6.97. The number of aryl methyl sites for hydroxylation is 2. The first-order valence-electron chi connectivity index (χ1n) is 7.62. The zero-order valence-electron chi connectivity index (χ0n) is 12.9. The molecular formula is C17H21N3OS. The molecule has 1 aromatic carbocycles. The maximum atomic E-state index is 12.2. The summed E-state index contributed by atoms with van der Waals surface area (Å²) in [6.45, 7) is 4.16. The molecule has 5 heteroatoms. The first-order chi connectivity index (χ1) is 10.5. The molecule has 1 aliphatic rings. The van der Waals surface area contributed by atoms with Crippen LogP contribution in [-0.4, -0.2) is 16.9 Å². The smallest absolute Gasteiger partial charge is 0.229 e. The summed E-state index contributed by atoms with van der Waals surface area (Å²) in [5.74, 6) is 0.0814. The molecule has 3 N–H and O–H groups in total. The first kappa shape index (κ1) is 15.2. The minimum absolute atomic E-state index is 0.0310. The van der Waals surface area contributed by atoms with Crippen molar-refractivity contribution in [2.24, 2.45) is 11.7 Å². The molecule has 0 bridgehead atoms. The molecule has 1 aromatic heterocycles. The van der Waals surface area contributed by atoms with Gasteiger partial charge in [-0.3, -0.25) is 4.79 Å². The number of aromatic nitrogens is 1. The predicted octanol–water partition coefficient (Wildman–Crippen LogP) is 3.49. The van der Waals surface area contributed by atoms with E-state index in [2.05, 4.69) is 42.3 Å². The number of nitrogens with one attached hydrogen (secondary N) is 1. The van der Waals surface area contributed by atoms with E-state index >= 15 is 0 Å². The standard InChI is InChI=1S/C17H21N3OS/c1-10-3-6-14(11(2)7-10)15-9-22-17(19-15)20-16(21)12-4-5-13(18)8-12/h3,6-7,9,12-13H,4-5,8,18H2,1-2H3,(H,19,20,21). The van der Waals surface area contributed by atoms with Crippen LogP contribution < -0.4 is 11.1 Å². The summed E-state index contributed by atoms with van der Waals surface area (Å²) >= 11 is 1.47. The van der Waals surface area contributed by atoms with Crippen LogP contribution >= 0.6 is 11.3 Å². The lowest BCUT2D eigenvalue weighted by Crippen LogP contribution is -2.23. The number of amides is 1. The Labute approximate surface area is 134 Å². The summed E-state index contributed by atoms with van der Waals surface area (Å²) in [5, 5.41) is 5.60. The highest BCUT2D eigenvalue weighted by molar-refractivity contribution is 7.14. The van der Waals surface area contributed by atoms with E-state index in [0.29, 0.717) is 5.13 Å². The van der Waals surface area contributed by atoms with Crippen molar-refractivity contribution in [3.63, 3.8) is 0 Å². The molecule has 2 atom stereocenters. The second-order valence-electron chi connectivity index (χ2n) is 6.12. The van der Waals surface area contributed by atoms with Crippen LogP contribution in [0.25, 0.3) is 11.3 Å². The molecular weight excluding hydrogens is 294 g/mol. The quantitative estimate of drug-likeness (QED) is 0.911. The third kappa shape index (κ3) is 3.20. The van der Waals surface area contributed by atoms with Crippen LogP contribution in [0.4, 0.5) is 5.13 Å². The average molecular weight is 315 g/mol. The number of hydrogen-bond donors (Lipinski definition) is 2. The van der Waals surface area contributed by atoms with Crippen LogP contribution in [-0.2, 0) is 4.79 Å². The summed E-state index contributed by atoms with van der Waals surface area (Å²) in [7, 11) is 0. The molecule has 2 unspecified atom stereocenters.